The Morgan fingerprint density at radius 2 is 0.707 bits per heavy atom. The third kappa shape index (κ3) is 29.7. The molecule has 0 aromatic carbocycles. The van der Waals surface area contributed by atoms with E-state index in [0.717, 1.165) is 38.5 Å². The summed E-state index contributed by atoms with van der Waals surface area (Å²) in [6, 6.07) is 0. The predicted molar refractivity (Wildman–Crippen MR) is 151 cm³/mol. The second-order valence-corrected chi connectivity index (χ2v) is 10.9. The first-order valence-electron chi connectivity index (χ1n) is 15.8. The molecule has 0 N–H and O–H groups in total. The number of carbonyl (C=O) groups excluding carboxylic acids is 4. The van der Waals surface area contributed by atoms with E-state index in [2.05, 4.69) is 13.8 Å². The number of nitrogens with zero attached hydrogens (tertiary/aromatic N) is 2. The first-order valence-corrected chi connectivity index (χ1v) is 15.8. The Morgan fingerprint density at radius 1 is 0.439 bits per heavy atom. The molecule has 0 unspecified atom stereocenters. The van der Waals surface area contributed by atoms with Crippen LogP contribution in [-0.2, 0) is 19.2 Å². The number of hydrogen-bond acceptors (Lipinski definition) is 6. The van der Waals surface area contributed by atoms with Gasteiger partial charge in [0.2, 0.25) is 11.8 Å². The maximum absolute atomic E-state index is 12.9. The topological polar surface area (TPSA) is 121 Å². The average Bonchev–Trinajstić information content (AvgIpc) is 2.90. The number of carboxylic acids is 2. The molecule has 0 aliphatic rings. The van der Waals surface area contributed by atoms with Crippen molar-refractivity contribution in [2.24, 2.45) is 0 Å². The molecule has 0 bridgehead atoms. The third-order valence-corrected chi connectivity index (χ3v) is 7.21. The van der Waals surface area contributed by atoms with Crippen LogP contribution in [0.2, 0.25) is 0 Å². The molecule has 0 spiro atoms. The summed E-state index contributed by atoms with van der Waals surface area (Å²) in [4.78, 5) is 50.7. The minimum Gasteiger partial charge on any atom is -0.550 e. The quantitative estimate of drug-likeness (QED) is 0.0630. The van der Waals surface area contributed by atoms with E-state index in [0.29, 0.717) is 12.8 Å². The van der Waals surface area contributed by atoms with Gasteiger partial charge in [-0.25, -0.2) is 0 Å². The Kier molecular flexibility index (Phi) is 36.2. The number of rotatable bonds is 28. The van der Waals surface area contributed by atoms with Crippen LogP contribution in [0.1, 0.15) is 155 Å². The Labute approximate surface area is 294 Å². The van der Waals surface area contributed by atoms with Crippen LogP contribution in [-0.4, -0.2) is 53.3 Å². The molecule has 0 atom stereocenters. The summed E-state index contributed by atoms with van der Waals surface area (Å²) in [5.74, 6) is -2.96. The molecule has 0 saturated heterocycles. The number of unbranched alkanes of at least 4 members (excludes halogenated alkanes) is 16. The van der Waals surface area contributed by atoms with E-state index < -0.39 is 11.9 Å². The van der Waals surface area contributed by atoms with E-state index in [-0.39, 0.29) is 116 Å². The van der Waals surface area contributed by atoms with Crippen molar-refractivity contribution in [2.75, 3.05) is 19.8 Å². The largest absolute Gasteiger partial charge is 1.00 e. The van der Waals surface area contributed by atoms with Gasteiger partial charge in [0, 0.05) is 50.7 Å². The van der Waals surface area contributed by atoms with Crippen LogP contribution in [0, 0.1) is 0 Å². The number of aliphatic carboxylic acids is 2. The van der Waals surface area contributed by atoms with Crippen molar-refractivity contribution < 1.29 is 88.5 Å². The Bertz CT molecular complexity index is 613. The molecule has 10 heteroatoms. The monoisotopic (exact) mass is 598 g/mol. The van der Waals surface area contributed by atoms with Gasteiger partial charge < -0.3 is 29.6 Å². The molecule has 0 heterocycles. The van der Waals surface area contributed by atoms with Gasteiger partial charge in [0.1, 0.15) is 0 Å². The summed E-state index contributed by atoms with van der Waals surface area (Å²) in [5.41, 5.74) is 0. The van der Waals surface area contributed by atoms with Gasteiger partial charge in [0.25, 0.3) is 0 Å². The Hall–Kier alpha value is -0.120. The summed E-state index contributed by atoms with van der Waals surface area (Å²) in [5, 5.41) is 22.1. The fourth-order valence-electron chi connectivity index (χ4n) is 4.70. The van der Waals surface area contributed by atoms with Gasteiger partial charge in [-0.2, -0.15) is 0 Å². The number of carbonyl (C=O) groups is 4. The average molecular weight is 599 g/mol. The molecular weight excluding hydrogens is 542 g/mol. The van der Waals surface area contributed by atoms with Crippen LogP contribution in [0.25, 0.3) is 0 Å². The zero-order valence-electron chi connectivity index (χ0n) is 27.0. The molecule has 41 heavy (non-hydrogen) atoms. The zero-order chi connectivity index (χ0) is 29.1. The van der Waals surface area contributed by atoms with Crippen molar-refractivity contribution in [3.63, 3.8) is 0 Å². The van der Waals surface area contributed by atoms with Crippen molar-refractivity contribution in [1.29, 1.82) is 0 Å². The molecule has 0 rings (SSSR count). The minimum absolute atomic E-state index is 0. The summed E-state index contributed by atoms with van der Waals surface area (Å²) in [6.45, 7) is 4.16. The van der Waals surface area contributed by atoms with Gasteiger partial charge in [0.05, 0.1) is 6.67 Å². The predicted octanol–water partition coefficient (Wildman–Crippen LogP) is -1.27. The van der Waals surface area contributed by atoms with Crippen LogP contribution >= 0.6 is 0 Å². The second kappa shape index (κ2) is 32.8. The van der Waals surface area contributed by atoms with Gasteiger partial charge in [0.15, 0.2) is 0 Å². The molecule has 0 radical (unpaired) electrons. The Balaban J connectivity index is -0.00000722. The van der Waals surface area contributed by atoms with Gasteiger partial charge in [-0.15, -0.1) is 0 Å². The van der Waals surface area contributed by atoms with Crippen molar-refractivity contribution >= 4 is 23.8 Å². The fourth-order valence-corrected chi connectivity index (χ4v) is 4.70. The molecule has 0 aliphatic heterocycles. The van der Waals surface area contributed by atoms with Crippen molar-refractivity contribution in [2.45, 2.75) is 155 Å². The third-order valence-electron chi connectivity index (χ3n) is 7.21. The van der Waals surface area contributed by atoms with Crippen LogP contribution < -0.4 is 69.3 Å². The molecule has 0 fully saturated rings. The summed E-state index contributed by atoms with van der Waals surface area (Å²) >= 11 is 0. The van der Waals surface area contributed by atoms with Gasteiger partial charge in [-0.05, 0) is 12.8 Å². The molecule has 0 saturated carbocycles. The van der Waals surface area contributed by atoms with Gasteiger partial charge in [-0.3, -0.25) is 9.59 Å². The summed E-state index contributed by atoms with van der Waals surface area (Å²) in [7, 11) is 0. The molecule has 2 amide bonds. The van der Waals surface area contributed by atoms with E-state index in [1.54, 1.807) is 0 Å². The smallest absolute Gasteiger partial charge is 0.550 e. The van der Waals surface area contributed by atoms with Crippen LogP contribution in [0.3, 0.4) is 0 Å². The van der Waals surface area contributed by atoms with E-state index >= 15 is 0 Å². The first kappa shape index (κ1) is 45.3. The van der Waals surface area contributed by atoms with E-state index in [4.69, 9.17) is 0 Å². The molecule has 0 aliphatic carbocycles. The number of carboxylic acid groups (broad SMARTS) is 2. The molecule has 0 aromatic heterocycles. The zero-order valence-corrected chi connectivity index (χ0v) is 31.0. The molecule has 8 nitrogen and oxygen atoms in total. The molecule has 228 valence electrons. The van der Waals surface area contributed by atoms with Crippen LogP contribution in [0.15, 0.2) is 0 Å². The van der Waals surface area contributed by atoms with Crippen LogP contribution in [0.4, 0.5) is 0 Å². The van der Waals surface area contributed by atoms with Crippen LogP contribution in [0.5, 0.6) is 0 Å². The van der Waals surface area contributed by atoms with Crippen molar-refractivity contribution in [3.05, 3.63) is 0 Å². The SMILES string of the molecule is CCCCCCCCCCCC(=O)N(CCC(=O)[O-])CN(CCC(=O)[O-])C(=O)CCCCCCCCCCC.[Na+].[Na+]. The summed E-state index contributed by atoms with van der Waals surface area (Å²) < 4.78 is 0. The Morgan fingerprint density at radius 3 is 0.976 bits per heavy atom. The van der Waals surface area contributed by atoms with E-state index in [9.17, 15) is 29.4 Å². The maximum atomic E-state index is 12.9. The number of hydrogen-bond donors (Lipinski definition) is 0. The van der Waals surface area contributed by atoms with Crippen molar-refractivity contribution in [3.8, 4) is 0 Å². The second-order valence-electron chi connectivity index (χ2n) is 10.9. The standard InChI is InChI=1S/C31H58N2O6.2Na/c1-3-5-7-9-11-13-15-17-19-21-28(34)32(25-23-30(36)37)27-33(26-24-31(38)39)29(35)22-20-18-16-14-12-10-8-6-4-2;;/h3-27H2,1-2H3,(H,36,37)(H,38,39);;/q;2*+1/p-2. The minimum atomic E-state index is -1.27. The van der Waals surface area contributed by atoms with E-state index in [1.165, 1.54) is 74.0 Å². The maximum Gasteiger partial charge on any atom is 1.00 e. The summed E-state index contributed by atoms with van der Waals surface area (Å²) in [6.07, 6.45) is 20.1. The van der Waals surface area contributed by atoms with Crippen molar-refractivity contribution in [1.82, 2.24) is 9.80 Å². The fraction of sp³-hybridized carbons (Fsp3) is 0.871. The molecular formula is C31H56N2Na2O6. The normalized spacial score (nSPS) is 10.4. The molecule has 0 aromatic rings. The van der Waals surface area contributed by atoms with E-state index in [1.807, 2.05) is 0 Å². The number of amides is 2. The first-order chi connectivity index (χ1) is 18.8. The van der Waals surface area contributed by atoms with Gasteiger partial charge >= 0.3 is 59.1 Å². The van der Waals surface area contributed by atoms with Gasteiger partial charge in [-0.1, -0.05) is 117 Å².